The molecule has 2 aliphatic rings. The molecule has 1 saturated heterocycles. The largest absolute Gasteiger partial charge is 0.395 e. The fraction of sp³-hybridized carbons (Fsp3) is 0.917. The van der Waals surface area contributed by atoms with Gasteiger partial charge in [0.2, 0.25) is 0 Å². The van der Waals surface area contributed by atoms with Crippen LogP contribution in [0.5, 0.6) is 0 Å². The quantitative estimate of drug-likeness (QED) is 0.855. The summed E-state index contributed by atoms with van der Waals surface area (Å²) in [7, 11) is 0. The van der Waals surface area contributed by atoms with Crippen LogP contribution in [-0.2, 0) is 6.54 Å². The summed E-state index contributed by atoms with van der Waals surface area (Å²) in [5.41, 5.74) is 0. The summed E-state index contributed by atoms with van der Waals surface area (Å²) < 4.78 is 1.97. The number of rotatable bonds is 4. The highest BCUT2D eigenvalue weighted by atomic mass is 16.3. The second-order valence-electron chi connectivity index (χ2n) is 5.43. The Morgan fingerprint density at radius 3 is 2.83 bits per heavy atom. The zero-order chi connectivity index (χ0) is 12.4. The van der Waals surface area contributed by atoms with Gasteiger partial charge in [-0.2, -0.15) is 0 Å². The Hall–Kier alpha value is -1.01. The number of tetrazole rings is 1. The molecule has 1 saturated carbocycles. The number of likely N-dealkylation sites (tertiary alicyclic amines) is 1. The zero-order valence-corrected chi connectivity index (χ0v) is 10.7. The molecule has 0 amide bonds. The summed E-state index contributed by atoms with van der Waals surface area (Å²) in [6.07, 6.45) is 7.17. The summed E-state index contributed by atoms with van der Waals surface area (Å²) in [6, 6.07) is 0.798. The Balaban J connectivity index is 1.70. The average Bonchev–Trinajstić information content (AvgIpc) is 3.16. The third-order valence-electron chi connectivity index (χ3n) is 4.01. The normalized spacial score (nSPS) is 26.2. The van der Waals surface area contributed by atoms with E-state index in [0.717, 1.165) is 25.3 Å². The Labute approximate surface area is 107 Å². The van der Waals surface area contributed by atoms with Gasteiger partial charge in [0.05, 0.1) is 19.2 Å². The van der Waals surface area contributed by atoms with Gasteiger partial charge in [0, 0.05) is 6.04 Å². The molecule has 6 nitrogen and oxygen atoms in total. The van der Waals surface area contributed by atoms with E-state index in [1.54, 1.807) is 0 Å². The smallest absolute Gasteiger partial charge is 0.165 e. The summed E-state index contributed by atoms with van der Waals surface area (Å²) in [4.78, 5) is 2.34. The first-order valence-electron chi connectivity index (χ1n) is 7.00. The number of aliphatic hydroxyl groups is 1. The van der Waals surface area contributed by atoms with E-state index in [1.807, 2.05) is 4.68 Å². The maximum atomic E-state index is 9.51. The maximum Gasteiger partial charge on any atom is 0.165 e. The van der Waals surface area contributed by atoms with Crippen LogP contribution in [0.3, 0.4) is 0 Å². The van der Waals surface area contributed by atoms with Crippen LogP contribution < -0.4 is 0 Å². The molecule has 1 aromatic heterocycles. The molecule has 2 fully saturated rings. The molecule has 0 aromatic carbocycles. The molecule has 0 spiro atoms. The van der Waals surface area contributed by atoms with Crippen LogP contribution in [0.4, 0.5) is 0 Å². The molecule has 0 radical (unpaired) electrons. The lowest BCUT2D eigenvalue weighted by molar-refractivity contribution is 0.114. The summed E-state index contributed by atoms with van der Waals surface area (Å²) in [5, 5.41) is 21.5. The first kappa shape index (κ1) is 12.0. The van der Waals surface area contributed by atoms with Gasteiger partial charge in [0.1, 0.15) is 0 Å². The lowest BCUT2D eigenvalue weighted by Crippen LogP contribution is -2.37. The van der Waals surface area contributed by atoms with E-state index in [0.29, 0.717) is 6.04 Å². The average molecular weight is 251 g/mol. The third-order valence-corrected chi connectivity index (χ3v) is 4.01. The molecule has 0 bridgehead atoms. The summed E-state index contributed by atoms with van der Waals surface area (Å²) >= 11 is 0. The van der Waals surface area contributed by atoms with Crippen LogP contribution in [-0.4, -0.2) is 49.4 Å². The number of hydrogen-bond acceptors (Lipinski definition) is 5. The molecular weight excluding hydrogens is 230 g/mol. The second-order valence-corrected chi connectivity index (χ2v) is 5.43. The molecular formula is C12H21N5O. The predicted molar refractivity (Wildman–Crippen MR) is 65.8 cm³/mol. The Bertz CT molecular complexity index is 390. The van der Waals surface area contributed by atoms with Crippen LogP contribution >= 0.6 is 0 Å². The van der Waals surface area contributed by atoms with E-state index < -0.39 is 0 Å². The van der Waals surface area contributed by atoms with Crippen molar-refractivity contribution >= 4 is 0 Å². The highest BCUT2D eigenvalue weighted by Crippen LogP contribution is 2.34. The van der Waals surface area contributed by atoms with Crippen molar-refractivity contribution in [1.29, 1.82) is 0 Å². The molecule has 3 rings (SSSR count). The van der Waals surface area contributed by atoms with Crippen LogP contribution in [0.15, 0.2) is 0 Å². The van der Waals surface area contributed by atoms with Crippen molar-refractivity contribution in [2.45, 2.75) is 57.2 Å². The van der Waals surface area contributed by atoms with Crippen LogP contribution in [0.1, 0.15) is 50.4 Å². The lowest BCUT2D eigenvalue weighted by Gasteiger charge is -2.27. The molecule has 1 atom stereocenters. The molecule has 1 aliphatic heterocycles. The molecule has 1 N–H and O–H groups in total. The van der Waals surface area contributed by atoms with Crippen molar-refractivity contribution in [3.63, 3.8) is 0 Å². The Morgan fingerprint density at radius 1 is 1.17 bits per heavy atom. The van der Waals surface area contributed by atoms with Gasteiger partial charge in [-0.05, 0) is 42.7 Å². The SMILES string of the molecule is OCC1CCCCCN1Cc1nnnn1C1CC1. The van der Waals surface area contributed by atoms with Crippen LogP contribution in [0, 0.1) is 0 Å². The van der Waals surface area contributed by atoms with E-state index in [2.05, 4.69) is 20.4 Å². The van der Waals surface area contributed by atoms with Gasteiger partial charge in [-0.3, -0.25) is 4.90 Å². The van der Waals surface area contributed by atoms with Gasteiger partial charge >= 0.3 is 0 Å². The first-order valence-corrected chi connectivity index (χ1v) is 7.00. The van der Waals surface area contributed by atoms with Gasteiger partial charge < -0.3 is 5.11 Å². The highest BCUT2D eigenvalue weighted by molar-refractivity contribution is 4.91. The Kier molecular flexibility index (Phi) is 3.56. The number of nitrogens with zero attached hydrogens (tertiary/aromatic N) is 5. The third kappa shape index (κ3) is 2.54. The minimum absolute atomic E-state index is 0.241. The van der Waals surface area contributed by atoms with E-state index in [4.69, 9.17) is 0 Å². The second kappa shape index (κ2) is 5.32. The van der Waals surface area contributed by atoms with E-state index in [9.17, 15) is 5.11 Å². The van der Waals surface area contributed by atoms with Gasteiger partial charge in [-0.25, -0.2) is 4.68 Å². The lowest BCUT2D eigenvalue weighted by atomic mass is 10.1. The molecule has 1 unspecified atom stereocenters. The number of hydrogen-bond donors (Lipinski definition) is 1. The fourth-order valence-electron chi connectivity index (χ4n) is 2.75. The van der Waals surface area contributed by atoms with Crippen molar-refractivity contribution in [1.82, 2.24) is 25.1 Å². The predicted octanol–water partition coefficient (Wildman–Crippen LogP) is 0.745. The van der Waals surface area contributed by atoms with Gasteiger partial charge in [0.15, 0.2) is 5.82 Å². The minimum atomic E-state index is 0.241. The Morgan fingerprint density at radius 2 is 2.06 bits per heavy atom. The molecule has 2 heterocycles. The standard InChI is InChI=1S/C12H21N5O/c18-9-11-4-2-1-3-7-16(11)8-12-13-14-15-17(12)10-5-6-10/h10-11,18H,1-9H2. The van der Waals surface area contributed by atoms with Gasteiger partial charge in [-0.15, -0.1) is 5.10 Å². The van der Waals surface area contributed by atoms with Crippen molar-refractivity contribution in [2.24, 2.45) is 0 Å². The van der Waals surface area contributed by atoms with Crippen LogP contribution in [0.2, 0.25) is 0 Å². The topological polar surface area (TPSA) is 67.1 Å². The number of aliphatic hydroxyl groups excluding tert-OH is 1. The maximum absolute atomic E-state index is 9.51. The minimum Gasteiger partial charge on any atom is -0.395 e. The summed E-state index contributed by atoms with van der Waals surface area (Å²) in [6.45, 7) is 2.06. The zero-order valence-electron chi connectivity index (χ0n) is 10.7. The van der Waals surface area contributed by atoms with E-state index in [1.165, 1.54) is 32.1 Å². The van der Waals surface area contributed by atoms with Crippen molar-refractivity contribution < 1.29 is 5.11 Å². The molecule has 100 valence electrons. The highest BCUT2D eigenvalue weighted by Gasteiger charge is 2.29. The number of aromatic nitrogens is 4. The van der Waals surface area contributed by atoms with E-state index in [-0.39, 0.29) is 12.6 Å². The van der Waals surface area contributed by atoms with Crippen molar-refractivity contribution in [2.75, 3.05) is 13.2 Å². The first-order chi connectivity index (χ1) is 8.88. The van der Waals surface area contributed by atoms with Gasteiger partial charge in [-0.1, -0.05) is 12.8 Å². The van der Waals surface area contributed by atoms with Crippen molar-refractivity contribution in [3.8, 4) is 0 Å². The van der Waals surface area contributed by atoms with Crippen molar-refractivity contribution in [3.05, 3.63) is 5.82 Å². The molecule has 6 heteroatoms. The molecule has 1 aromatic rings. The fourth-order valence-corrected chi connectivity index (χ4v) is 2.75. The van der Waals surface area contributed by atoms with Crippen LogP contribution in [0.25, 0.3) is 0 Å². The van der Waals surface area contributed by atoms with Gasteiger partial charge in [0.25, 0.3) is 0 Å². The summed E-state index contributed by atoms with van der Waals surface area (Å²) in [5.74, 6) is 0.956. The van der Waals surface area contributed by atoms with E-state index >= 15 is 0 Å². The molecule has 18 heavy (non-hydrogen) atoms. The molecule has 1 aliphatic carbocycles. The monoisotopic (exact) mass is 251 g/mol.